The molecule has 2 amide bonds. The van der Waals surface area contributed by atoms with E-state index in [1.54, 1.807) is 67.6 Å². The number of nitrogens with one attached hydrogen (secondary N) is 1. The van der Waals surface area contributed by atoms with E-state index in [2.05, 4.69) is 5.32 Å². The highest BCUT2D eigenvalue weighted by Gasteiger charge is 2.36. The third-order valence-electron chi connectivity index (χ3n) is 7.06. The van der Waals surface area contributed by atoms with Crippen molar-refractivity contribution in [3.05, 3.63) is 125 Å². The molecule has 46 heavy (non-hydrogen) atoms. The molecule has 0 aliphatic carbocycles. The molecule has 0 unspecified atom stereocenters. The molecule has 8 nitrogen and oxygen atoms in total. The van der Waals surface area contributed by atoms with E-state index in [4.69, 9.17) is 16.3 Å². The summed E-state index contributed by atoms with van der Waals surface area (Å²) in [7, 11) is -4.25. The third kappa shape index (κ3) is 9.11. The second-order valence-electron chi connectivity index (χ2n) is 11.8. The van der Waals surface area contributed by atoms with Gasteiger partial charge in [0.05, 0.1) is 17.2 Å². The van der Waals surface area contributed by atoms with E-state index in [9.17, 15) is 18.0 Å². The standard InChI is InChI=1S/C36H40ClN3O5S/c1-5-45-33-22-13-12-21-31(33)40(46(43,44)30-19-10-7-11-20-30)26-34(41)39(25-28-17-14-18-29(37)23-28)32(35(42)38-36(2,3)4)24-27-15-8-6-9-16-27/h6-23,32H,5,24-26H2,1-4H3,(H,38,42)/t32-/m0/s1. The van der Waals surface area contributed by atoms with Crippen LogP contribution in [0.3, 0.4) is 0 Å². The minimum absolute atomic E-state index is 0.0147. The van der Waals surface area contributed by atoms with Gasteiger partial charge in [0, 0.05) is 23.5 Å². The van der Waals surface area contributed by atoms with Crippen molar-refractivity contribution >= 4 is 39.1 Å². The average Bonchev–Trinajstić information content (AvgIpc) is 3.02. The summed E-state index contributed by atoms with van der Waals surface area (Å²) in [5, 5.41) is 3.50. The van der Waals surface area contributed by atoms with Crippen LogP contribution in [0.4, 0.5) is 5.69 Å². The molecule has 4 aromatic rings. The number of hydrogen-bond donors (Lipinski definition) is 1. The number of nitrogens with zero attached hydrogens (tertiary/aromatic N) is 2. The monoisotopic (exact) mass is 661 g/mol. The molecule has 0 spiro atoms. The van der Waals surface area contributed by atoms with Crippen LogP contribution in [0.15, 0.2) is 114 Å². The Bertz CT molecular complexity index is 1730. The van der Waals surface area contributed by atoms with Gasteiger partial charge in [-0.3, -0.25) is 13.9 Å². The lowest BCUT2D eigenvalue weighted by Gasteiger charge is -2.35. The Hall–Kier alpha value is -4.34. The lowest BCUT2D eigenvalue weighted by molar-refractivity contribution is -0.140. The molecule has 0 aliphatic rings. The topological polar surface area (TPSA) is 96.0 Å². The van der Waals surface area contributed by atoms with Crippen molar-refractivity contribution in [1.29, 1.82) is 0 Å². The van der Waals surface area contributed by atoms with Crippen LogP contribution in [-0.4, -0.2) is 49.9 Å². The van der Waals surface area contributed by atoms with Crippen LogP contribution in [0.2, 0.25) is 5.02 Å². The summed E-state index contributed by atoms with van der Waals surface area (Å²) >= 11 is 6.32. The second-order valence-corrected chi connectivity index (χ2v) is 14.1. The third-order valence-corrected chi connectivity index (χ3v) is 9.06. The highest BCUT2D eigenvalue weighted by atomic mass is 35.5. The van der Waals surface area contributed by atoms with E-state index in [0.717, 1.165) is 9.87 Å². The first-order valence-corrected chi connectivity index (χ1v) is 16.9. The smallest absolute Gasteiger partial charge is 0.264 e. The fraction of sp³-hybridized carbons (Fsp3) is 0.278. The van der Waals surface area contributed by atoms with E-state index >= 15 is 0 Å². The van der Waals surface area contributed by atoms with Gasteiger partial charge in [-0.1, -0.05) is 84.4 Å². The molecule has 0 radical (unpaired) electrons. The van der Waals surface area contributed by atoms with Crippen molar-refractivity contribution in [1.82, 2.24) is 10.2 Å². The predicted octanol–water partition coefficient (Wildman–Crippen LogP) is 6.49. The fourth-order valence-electron chi connectivity index (χ4n) is 5.01. The predicted molar refractivity (Wildman–Crippen MR) is 182 cm³/mol. The molecule has 10 heteroatoms. The molecule has 0 aliphatic heterocycles. The number of benzene rings is 4. The molecule has 0 heterocycles. The van der Waals surface area contributed by atoms with Crippen LogP contribution in [0.25, 0.3) is 0 Å². The number of sulfonamides is 1. The number of hydrogen-bond acceptors (Lipinski definition) is 5. The number of ether oxygens (including phenoxy) is 1. The quantitative estimate of drug-likeness (QED) is 0.177. The first kappa shape index (κ1) is 34.5. The molecular formula is C36H40ClN3O5S. The van der Waals surface area contributed by atoms with Gasteiger partial charge in [-0.15, -0.1) is 0 Å². The van der Waals surface area contributed by atoms with Gasteiger partial charge < -0.3 is 15.0 Å². The summed E-state index contributed by atoms with van der Waals surface area (Å²) in [5.41, 5.74) is 1.16. The van der Waals surface area contributed by atoms with Gasteiger partial charge >= 0.3 is 0 Å². The summed E-state index contributed by atoms with van der Waals surface area (Å²) < 4.78 is 35.3. The average molecular weight is 662 g/mol. The SMILES string of the molecule is CCOc1ccccc1N(CC(=O)N(Cc1cccc(Cl)c1)[C@@H](Cc1ccccc1)C(=O)NC(C)(C)C)S(=O)(=O)c1ccccc1. The van der Waals surface area contributed by atoms with E-state index in [-0.39, 0.29) is 36.1 Å². The second kappa shape index (κ2) is 15.3. The van der Waals surface area contributed by atoms with Gasteiger partial charge in [0.1, 0.15) is 18.3 Å². The van der Waals surface area contributed by atoms with E-state index in [0.29, 0.717) is 16.3 Å². The normalized spacial score (nSPS) is 12.2. The van der Waals surface area contributed by atoms with Crippen LogP contribution in [-0.2, 0) is 32.6 Å². The Labute approximate surface area is 277 Å². The number of para-hydroxylation sites is 2. The Morgan fingerprint density at radius 2 is 1.46 bits per heavy atom. The molecule has 4 aromatic carbocycles. The van der Waals surface area contributed by atoms with Crippen molar-refractivity contribution in [3.8, 4) is 5.75 Å². The first-order chi connectivity index (χ1) is 21.9. The molecule has 1 atom stereocenters. The van der Waals surface area contributed by atoms with Crippen LogP contribution in [0.5, 0.6) is 5.75 Å². The summed E-state index contributed by atoms with van der Waals surface area (Å²) in [6.07, 6.45) is 0.204. The van der Waals surface area contributed by atoms with Gasteiger partial charge in [0.15, 0.2) is 0 Å². The number of carbonyl (C=O) groups excluding carboxylic acids is 2. The highest BCUT2D eigenvalue weighted by molar-refractivity contribution is 7.92. The van der Waals surface area contributed by atoms with Crippen LogP contribution in [0.1, 0.15) is 38.8 Å². The van der Waals surface area contributed by atoms with Crippen molar-refractivity contribution in [2.45, 2.75) is 57.1 Å². The molecule has 0 bridgehead atoms. The summed E-state index contributed by atoms with van der Waals surface area (Å²) in [6, 6.07) is 30.1. The molecule has 242 valence electrons. The number of amides is 2. The Balaban J connectivity index is 1.85. The summed E-state index contributed by atoms with van der Waals surface area (Å²) in [6.45, 7) is 7.12. The maximum Gasteiger partial charge on any atom is 0.264 e. The Kier molecular flexibility index (Phi) is 11.5. The van der Waals surface area contributed by atoms with Crippen LogP contribution >= 0.6 is 11.6 Å². The van der Waals surface area contributed by atoms with Crippen LogP contribution < -0.4 is 14.4 Å². The maximum absolute atomic E-state index is 14.6. The van der Waals surface area contributed by atoms with Crippen molar-refractivity contribution in [2.75, 3.05) is 17.5 Å². The lowest BCUT2D eigenvalue weighted by atomic mass is 10.0. The Morgan fingerprint density at radius 1 is 0.848 bits per heavy atom. The zero-order valence-corrected chi connectivity index (χ0v) is 28.1. The minimum Gasteiger partial charge on any atom is -0.492 e. The zero-order valence-electron chi connectivity index (χ0n) is 26.5. The van der Waals surface area contributed by atoms with Gasteiger partial charge in [-0.2, -0.15) is 0 Å². The molecule has 0 fully saturated rings. The molecule has 0 saturated carbocycles. The molecule has 4 rings (SSSR count). The number of carbonyl (C=O) groups is 2. The molecule has 0 aromatic heterocycles. The molecular weight excluding hydrogens is 622 g/mol. The fourth-order valence-corrected chi connectivity index (χ4v) is 6.67. The summed E-state index contributed by atoms with van der Waals surface area (Å²) in [4.78, 5) is 30.1. The first-order valence-electron chi connectivity index (χ1n) is 15.1. The minimum atomic E-state index is -4.25. The molecule has 0 saturated heterocycles. The summed E-state index contributed by atoms with van der Waals surface area (Å²) in [5.74, 6) is -0.625. The maximum atomic E-state index is 14.6. The van der Waals surface area contributed by atoms with E-state index < -0.39 is 34.1 Å². The highest BCUT2D eigenvalue weighted by Crippen LogP contribution is 2.33. The van der Waals surface area contributed by atoms with Crippen LogP contribution in [0, 0.1) is 0 Å². The van der Waals surface area contributed by atoms with Gasteiger partial charge in [0.2, 0.25) is 11.8 Å². The van der Waals surface area contributed by atoms with Crippen molar-refractivity contribution in [3.63, 3.8) is 0 Å². The van der Waals surface area contributed by atoms with Crippen molar-refractivity contribution < 1.29 is 22.7 Å². The van der Waals surface area contributed by atoms with Gasteiger partial charge in [0.25, 0.3) is 10.0 Å². The number of anilines is 1. The lowest BCUT2D eigenvalue weighted by Crippen LogP contribution is -2.56. The molecule has 1 N–H and O–H groups in total. The largest absolute Gasteiger partial charge is 0.492 e. The van der Waals surface area contributed by atoms with Gasteiger partial charge in [-0.05, 0) is 75.2 Å². The van der Waals surface area contributed by atoms with Gasteiger partial charge in [-0.25, -0.2) is 8.42 Å². The number of rotatable bonds is 13. The van der Waals surface area contributed by atoms with E-state index in [1.807, 2.05) is 57.2 Å². The van der Waals surface area contributed by atoms with E-state index in [1.165, 1.54) is 17.0 Å². The van der Waals surface area contributed by atoms with Crippen molar-refractivity contribution in [2.24, 2.45) is 0 Å². The zero-order chi connectivity index (χ0) is 33.3. The number of halogens is 1. The Morgan fingerprint density at radius 3 is 2.09 bits per heavy atom.